The molecule has 0 bridgehead atoms. The number of fused-ring (bicyclic) bond motifs is 8. The maximum absolute atomic E-state index is 13.8. The molecule has 4 N–H and O–H groups in total. The van der Waals surface area contributed by atoms with E-state index >= 15 is 0 Å². The van der Waals surface area contributed by atoms with E-state index in [1.165, 1.54) is 71.3 Å². The minimum absolute atomic E-state index is 0. The number of benzene rings is 7. The van der Waals surface area contributed by atoms with Crippen LogP contribution >= 0.6 is 0 Å². The number of rotatable bonds is 15. The predicted octanol–water partition coefficient (Wildman–Crippen LogP) is 18.1. The van der Waals surface area contributed by atoms with Crippen LogP contribution in [0.25, 0.3) is 5.65 Å². The Hall–Kier alpha value is -12.8. The van der Waals surface area contributed by atoms with Crippen LogP contribution in [0.1, 0.15) is 147 Å². The van der Waals surface area contributed by atoms with E-state index in [1.54, 1.807) is 54.6 Å². The van der Waals surface area contributed by atoms with Crippen LogP contribution in [0.3, 0.4) is 0 Å². The van der Waals surface area contributed by atoms with E-state index in [2.05, 4.69) is 91.9 Å². The van der Waals surface area contributed by atoms with Gasteiger partial charge in [0.15, 0.2) is 28.9 Å². The van der Waals surface area contributed by atoms with Gasteiger partial charge in [-0.05, 0) is 189 Å². The van der Waals surface area contributed by atoms with Gasteiger partial charge in [0.25, 0.3) is 0 Å². The average molecular weight is 1890 g/mol. The molecule has 13 aromatic rings. The number of piperidine rings is 4. The van der Waals surface area contributed by atoms with Crippen LogP contribution < -0.4 is 40.9 Å². The number of aryl methyl sites for hydroxylation is 4. The molecule has 0 amide bonds. The summed E-state index contributed by atoms with van der Waals surface area (Å²) in [6.45, 7) is 7.48. The molecular formula is C99H102F5N21O5S4. The molecule has 1 spiro atoms. The Balaban J connectivity index is 0.000000123. The highest BCUT2D eigenvalue weighted by molar-refractivity contribution is 7.86. The molecule has 134 heavy (non-hydrogen) atoms. The third kappa shape index (κ3) is 19.8. The van der Waals surface area contributed by atoms with E-state index in [4.69, 9.17) is 49.6 Å². The number of anilines is 12. The highest BCUT2D eigenvalue weighted by Crippen LogP contribution is 2.46. The summed E-state index contributed by atoms with van der Waals surface area (Å²) in [6.07, 6.45) is 11.8. The minimum Gasteiger partial charge on any atom is -0.365 e. The fourth-order valence-electron chi connectivity index (χ4n) is 19.0. The van der Waals surface area contributed by atoms with Crippen molar-refractivity contribution in [1.82, 2.24) is 54.5 Å². The van der Waals surface area contributed by atoms with Gasteiger partial charge in [-0.15, -0.1) is 10.2 Å². The summed E-state index contributed by atoms with van der Waals surface area (Å²) in [5.74, 6) is 6.94. The van der Waals surface area contributed by atoms with E-state index in [9.17, 15) is 44.0 Å². The standard InChI is InChI=1S/C25H23F2N5OS.C24H22FN5OS.C24H23FN4O2S.C23H22FN7OS.3CH4/c26-17-2-1-3-19(12-17)29-24-23-21(8-11-34(23)33)30-25(31-24)32-9-6-15(7-10-32)22-20-13-18(27)5-4-16(20)14-28-22;25-19-5-2-6-20(14-19)27-23-22-21(9-12-32(22)31)28-24(29-23)30-10-7-17(8-11-30)18-4-1-3-16(13-18)15-26;25-17-5-3-6-18(14-17)26-22-21-20(8-13-32(21)30)27-23(28-22)29-11-9-24(10-12-29)19-7-2-1-4-16(19)15-31-24;24-16-4-3-5-17(14-16)25-21-20-18(9-13-33(20)32)26-23(27-21)30-11-7-15(8-12-30)22-29-28-19-6-1-2-10-31(19)22;;;/h1-5,12-13,15H,6-11,14H2,(H,29,30,31);1-6,13-14,17H,7-12H2,(H,27,28,29);1-7,14H,8-13,15H2,(H,26,27,28);1-6,10,14-15H,7-9,11-13H2,(H,25,26,27);3*1H4. The molecule has 0 saturated carbocycles. The van der Waals surface area contributed by atoms with Gasteiger partial charge in [0, 0.05) is 153 Å². The van der Waals surface area contributed by atoms with Crippen molar-refractivity contribution >= 4 is 124 Å². The first-order valence-corrected chi connectivity index (χ1v) is 49.3. The lowest BCUT2D eigenvalue weighted by Gasteiger charge is -2.39. The maximum atomic E-state index is 13.8. The summed E-state index contributed by atoms with van der Waals surface area (Å²) in [5.41, 5.74) is 13.6. The molecule has 10 aliphatic heterocycles. The number of aromatic nitrogens is 11. The molecule has 0 radical (unpaired) electrons. The Bertz CT molecular complexity index is 6760. The van der Waals surface area contributed by atoms with Crippen LogP contribution in [0.4, 0.5) is 91.8 Å². The first kappa shape index (κ1) is 93.1. The Labute approximate surface area is 784 Å². The fraction of sp³-hybridized carbons (Fsp3) is 0.333. The lowest BCUT2D eigenvalue weighted by atomic mass is 9.84. The molecule has 4 atom stereocenters. The normalized spacial score (nSPS) is 18.9. The van der Waals surface area contributed by atoms with Crippen LogP contribution in [0.5, 0.6) is 0 Å². The predicted molar refractivity (Wildman–Crippen MR) is 515 cm³/mol. The minimum atomic E-state index is -1.18. The molecule has 10 aliphatic rings. The second-order valence-corrected chi connectivity index (χ2v) is 39.8. The van der Waals surface area contributed by atoms with Gasteiger partial charge in [0.1, 0.15) is 54.5 Å². The first-order valence-electron chi connectivity index (χ1n) is 44.0. The molecule has 4 saturated heterocycles. The van der Waals surface area contributed by atoms with Crippen LogP contribution in [-0.4, -0.2) is 152 Å². The molecule has 35 heteroatoms. The summed E-state index contributed by atoms with van der Waals surface area (Å²) in [4.78, 5) is 53.8. The zero-order valence-corrected chi connectivity index (χ0v) is 74.4. The molecule has 23 rings (SSSR count). The summed E-state index contributed by atoms with van der Waals surface area (Å²) in [7, 11) is -4.65. The van der Waals surface area contributed by atoms with Crippen molar-refractivity contribution in [3.63, 3.8) is 0 Å². The number of nitrogens with one attached hydrogen (secondary N) is 4. The van der Waals surface area contributed by atoms with E-state index in [0.29, 0.717) is 169 Å². The Morgan fingerprint density at radius 1 is 0.403 bits per heavy atom. The number of hydrogen-bond donors (Lipinski definition) is 4. The quantitative estimate of drug-likeness (QED) is 0.0693. The van der Waals surface area contributed by atoms with Gasteiger partial charge in [0.2, 0.25) is 23.8 Å². The van der Waals surface area contributed by atoms with Crippen molar-refractivity contribution in [1.29, 1.82) is 5.26 Å². The van der Waals surface area contributed by atoms with Crippen LogP contribution in [-0.2, 0) is 92.4 Å². The van der Waals surface area contributed by atoms with Gasteiger partial charge in [-0.3, -0.25) is 26.2 Å². The highest BCUT2D eigenvalue weighted by atomic mass is 32.2. The van der Waals surface area contributed by atoms with Gasteiger partial charge in [-0.2, -0.15) is 25.2 Å². The second kappa shape index (κ2) is 40.6. The Morgan fingerprint density at radius 3 is 1.25 bits per heavy atom. The van der Waals surface area contributed by atoms with Gasteiger partial charge in [-0.1, -0.05) is 95.1 Å². The number of nitriles is 1. The van der Waals surface area contributed by atoms with Crippen LogP contribution in [0, 0.1) is 46.3 Å². The van der Waals surface area contributed by atoms with Crippen molar-refractivity contribution < 1.29 is 43.5 Å². The number of hydrogen-bond acceptors (Lipinski definition) is 25. The lowest BCUT2D eigenvalue weighted by molar-refractivity contribution is -0.0552. The van der Waals surface area contributed by atoms with Crippen molar-refractivity contribution in [3.05, 3.63) is 279 Å². The zero-order valence-electron chi connectivity index (χ0n) is 71.2. The largest absolute Gasteiger partial charge is 0.365 e. The number of halogens is 5. The summed E-state index contributed by atoms with van der Waals surface area (Å²) in [6, 6.07) is 54.1. The average Bonchev–Trinajstić information content (AvgIpc) is 1.59. The van der Waals surface area contributed by atoms with Gasteiger partial charge >= 0.3 is 0 Å². The van der Waals surface area contributed by atoms with E-state index in [0.717, 1.165) is 155 Å². The molecular weight excluding hydrogens is 1790 g/mol. The lowest BCUT2D eigenvalue weighted by Crippen LogP contribution is -2.43. The van der Waals surface area contributed by atoms with Gasteiger partial charge in [-0.25, -0.2) is 41.9 Å². The Kier molecular flexibility index (Phi) is 28.2. The van der Waals surface area contributed by atoms with E-state index in [-0.39, 0.29) is 62.9 Å². The number of pyridine rings is 1. The number of nitrogens with zero attached hydrogens (tertiary/aromatic N) is 17. The van der Waals surface area contributed by atoms with E-state index in [1.807, 2.05) is 48.7 Å². The second-order valence-electron chi connectivity index (χ2n) is 33.8. The molecule has 0 aliphatic carbocycles. The number of aliphatic imine (C=N–C) groups is 1. The molecule has 7 aromatic carbocycles. The topological polar surface area (TPSA) is 308 Å². The van der Waals surface area contributed by atoms with E-state index < -0.39 is 43.2 Å². The van der Waals surface area contributed by atoms with Crippen molar-refractivity contribution in [2.45, 2.75) is 150 Å². The summed E-state index contributed by atoms with van der Waals surface area (Å²) in [5, 5.41) is 30.6. The Morgan fingerprint density at radius 2 is 0.806 bits per heavy atom. The SMILES string of the molecule is C.C.C.N#Cc1cccc(C2CCN(c3nc4c(c(Nc5cccc(F)c5)n3)S(=O)CC4)CC2)c1.O=S1CCc2nc(N3CCC(C4=NCc5ccc(F)cc54)CC3)nc(Nc3cccc(F)c3)c21.O=S1CCc2nc(N3CCC(c4nnc5ccccn45)CC3)nc(Nc3cccc(F)c3)c21.O=S1CCc2nc(N3CCC4(CC3)OCc3ccccc34)nc(Nc3cccc(F)c3)c21. The third-order valence-electron chi connectivity index (χ3n) is 25.6. The van der Waals surface area contributed by atoms with Crippen LogP contribution in [0.15, 0.2) is 213 Å². The maximum Gasteiger partial charge on any atom is 0.227 e. The van der Waals surface area contributed by atoms with Crippen LogP contribution in [0.2, 0.25) is 0 Å². The molecule has 4 fully saturated rings. The van der Waals surface area contributed by atoms with Crippen molar-refractivity contribution in [3.8, 4) is 6.07 Å². The fourth-order valence-corrected chi connectivity index (χ4v) is 24.2. The molecule has 26 nitrogen and oxygen atoms in total. The zero-order chi connectivity index (χ0) is 89.4. The summed E-state index contributed by atoms with van der Waals surface area (Å²) >= 11 is 0. The third-order valence-corrected chi connectivity index (χ3v) is 31.4. The van der Waals surface area contributed by atoms with Gasteiger partial charge < -0.3 is 45.6 Å². The van der Waals surface area contributed by atoms with Gasteiger partial charge in [0.05, 0.1) is 96.4 Å². The number of ether oxygens (including phenoxy) is 1. The molecule has 6 aromatic heterocycles. The molecule has 692 valence electrons. The molecule has 16 heterocycles. The first-order chi connectivity index (χ1) is 63.9. The smallest absolute Gasteiger partial charge is 0.227 e. The molecule has 4 unspecified atom stereocenters. The van der Waals surface area contributed by atoms with Crippen molar-refractivity contribution in [2.24, 2.45) is 10.9 Å². The monoisotopic (exact) mass is 1890 g/mol. The summed E-state index contributed by atoms with van der Waals surface area (Å²) < 4.78 is 127. The van der Waals surface area contributed by atoms with Crippen molar-refractivity contribution in [2.75, 3.05) is 116 Å². The highest BCUT2D eigenvalue weighted by Gasteiger charge is 2.44.